The first-order valence-electron chi connectivity index (χ1n) is 4.45. The van der Waals surface area contributed by atoms with E-state index in [2.05, 4.69) is 5.32 Å². The van der Waals surface area contributed by atoms with Crippen molar-refractivity contribution in [3.63, 3.8) is 0 Å². The van der Waals surface area contributed by atoms with E-state index in [1.807, 2.05) is 6.08 Å². The Morgan fingerprint density at radius 3 is 2.85 bits per heavy atom. The third kappa shape index (κ3) is 3.53. The maximum Gasteiger partial charge on any atom is 0.255 e. The van der Waals surface area contributed by atoms with Gasteiger partial charge in [-0.05, 0) is 25.7 Å². The minimum absolute atomic E-state index is 0.333. The molecule has 0 bridgehead atoms. The second kappa shape index (κ2) is 4.94. The maximum absolute atomic E-state index is 11.7. The SMILES string of the molecule is O=C(NCC(F)F)C1=CCCCC1. The predicted octanol–water partition coefficient (Wildman–Crippen LogP) is 1.87. The molecule has 74 valence electrons. The van der Waals surface area contributed by atoms with Crippen LogP contribution in [0.1, 0.15) is 25.7 Å². The molecular formula is C9H13F2NO. The number of halogens is 2. The van der Waals surface area contributed by atoms with Gasteiger partial charge in [-0.25, -0.2) is 8.78 Å². The van der Waals surface area contributed by atoms with Crippen LogP contribution in [0.15, 0.2) is 11.6 Å². The van der Waals surface area contributed by atoms with Crippen LogP contribution in [0.5, 0.6) is 0 Å². The van der Waals surface area contributed by atoms with Gasteiger partial charge in [0.25, 0.3) is 6.43 Å². The lowest BCUT2D eigenvalue weighted by Crippen LogP contribution is -2.30. The molecule has 13 heavy (non-hydrogen) atoms. The van der Waals surface area contributed by atoms with E-state index in [1.54, 1.807) is 0 Å². The van der Waals surface area contributed by atoms with Gasteiger partial charge in [0.1, 0.15) is 0 Å². The molecule has 0 saturated carbocycles. The molecule has 0 heterocycles. The number of carbonyl (C=O) groups excluding carboxylic acids is 1. The van der Waals surface area contributed by atoms with E-state index in [4.69, 9.17) is 0 Å². The second-order valence-corrected chi connectivity index (χ2v) is 3.08. The van der Waals surface area contributed by atoms with Gasteiger partial charge in [-0.3, -0.25) is 4.79 Å². The molecule has 0 radical (unpaired) electrons. The van der Waals surface area contributed by atoms with E-state index in [0.717, 1.165) is 25.7 Å². The summed E-state index contributed by atoms with van der Waals surface area (Å²) in [5.41, 5.74) is 0.659. The number of amides is 1. The van der Waals surface area contributed by atoms with Crippen molar-refractivity contribution in [2.45, 2.75) is 32.1 Å². The fourth-order valence-corrected chi connectivity index (χ4v) is 1.33. The molecule has 1 aliphatic carbocycles. The number of allylic oxidation sites excluding steroid dienone is 1. The highest BCUT2D eigenvalue weighted by Crippen LogP contribution is 2.16. The normalized spacial score (nSPS) is 17.0. The number of hydrogen-bond donors (Lipinski definition) is 1. The summed E-state index contributed by atoms with van der Waals surface area (Å²) < 4.78 is 23.5. The summed E-state index contributed by atoms with van der Waals surface area (Å²) in [6, 6.07) is 0. The Bertz CT molecular complexity index is 214. The average Bonchev–Trinajstić information content (AvgIpc) is 2.15. The first-order chi connectivity index (χ1) is 6.20. The fraction of sp³-hybridized carbons (Fsp3) is 0.667. The van der Waals surface area contributed by atoms with Crippen LogP contribution in [0.3, 0.4) is 0 Å². The zero-order valence-electron chi connectivity index (χ0n) is 7.35. The summed E-state index contributed by atoms with van der Waals surface area (Å²) in [6.07, 6.45) is 3.05. The van der Waals surface area contributed by atoms with Crippen molar-refractivity contribution in [3.8, 4) is 0 Å². The van der Waals surface area contributed by atoms with Gasteiger partial charge in [-0.2, -0.15) is 0 Å². The minimum atomic E-state index is -2.46. The lowest BCUT2D eigenvalue weighted by molar-refractivity contribution is -0.118. The Labute approximate surface area is 76.0 Å². The molecule has 1 N–H and O–H groups in total. The van der Waals surface area contributed by atoms with E-state index in [9.17, 15) is 13.6 Å². The zero-order chi connectivity index (χ0) is 9.68. The highest BCUT2D eigenvalue weighted by atomic mass is 19.3. The standard InChI is InChI=1S/C9H13F2NO/c10-8(11)6-12-9(13)7-4-2-1-3-5-7/h4,8H,1-3,5-6H2,(H,12,13). The molecule has 2 nitrogen and oxygen atoms in total. The molecule has 0 spiro atoms. The van der Waals surface area contributed by atoms with E-state index >= 15 is 0 Å². The van der Waals surface area contributed by atoms with Crippen LogP contribution in [-0.4, -0.2) is 18.9 Å². The summed E-state index contributed by atoms with van der Waals surface area (Å²) in [7, 11) is 0. The fourth-order valence-electron chi connectivity index (χ4n) is 1.33. The van der Waals surface area contributed by atoms with Gasteiger partial charge in [0.05, 0.1) is 6.54 Å². The summed E-state index contributed by atoms with van der Waals surface area (Å²) in [6.45, 7) is -0.545. The van der Waals surface area contributed by atoms with E-state index < -0.39 is 13.0 Å². The van der Waals surface area contributed by atoms with Crippen LogP contribution < -0.4 is 5.32 Å². The topological polar surface area (TPSA) is 29.1 Å². The number of nitrogens with one attached hydrogen (secondary N) is 1. The van der Waals surface area contributed by atoms with Gasteiger partial charge in [-0.1, -0.05) is 6.08 Å². The van der Waals surface area contributed by atoms with Gasteiger partial charge >= 0.3 is 0 Å². The second-order valence-electron chi connectivity index (χ2n) is 3.08. The average molecular weight is 189 g/mol. The number of carbonyl (C=O) groups is 1. The Kier molecular flexibility index (Phi) is 3.86. The molecular weight excluding hydrogens is 176 g/mol. The summed E-state index contributed by atoms with van der Waals surface area (Å²) in [5.74, 6) is -0.333. The molecule has 0 atom stereocenters. The van der Waals surface area contributed by atoms with Crippen LogP contribution in [0.4, 0.5) is 8.78 Å². The highest BCUT2D eigenvalue weighted by molar-refractivity contribution is 5.93. The molecule has 0 fully saturated rings. The van der Waals surface area contributed by atoms with Crippen molar-refractivity contribution in [1.82, 2.24) is 5.32 Å². The van der Waals surface area contributed by atoms with Crippen molar-refractivity contribution < 1.29 is 13.6 Å². The number of alkyl halides is 2. The largest absolute Gasteiger partial charge is 0.347 e. The maximum atomic E-state index is 11.7. The predicted molar refractivity (Wildman–Crippen MR) is 45.6 cm³/mol. The van der Waals surface area contributed by atoms with Crippen LogP contribution in [0.25, 0.3) is 0 Å². The molecule has 0 saturated heterocycles. The third-order valence-electron chi connectivity index (χ3n) is 2.00. The van der Waals surface area contributed by atoms with Crippen LogP contribution in [0.2, 0.25) is 0 Å². The first-order valence-corrected chi connectivity index (χ1v) is 4.45. The zero-order valence-corrected chi connectivity index (χ0v) is 7.35. The molecule has 0 aromatic carbocycles. The van der Waals surface area contributed by atoms with E-state index in [0.29, 0.717) is 5.57 Å². The molecule has 0 aromatic heterocycles. The monoisotopic (exact) mass is 189 g/mol. The van der Waals surface area contributed by atoms with Crippen LogP contribution in [-0.2, 0) is 4.79 Å². The van der Waals surface area contributed by atoms with Crippen molar-refractivity contribution in [1.29, 1.82) is 0 Å². The minimum Gasteiger partial charge on any atom is -0.347 e. The van der Waals surface area contributed by atoms with Gasteiger partial charge in [0.15, 0.2) is 0 Å². The summed E-state index contributed by atoms with van der Waals surface area (Å²) in [4.78, 5) is 11.2. The van der Waals surface area contributed by atoms with Crippen molar-refractivity contribution >= 4 is 5.91 Å². The Morgan fingerprint density at radius 2 is 2.31 bits per heavy atom. The smallest absolute Gasteiger partial charge is 0.255 e. The van der Waals surface area contributed by atoms with Crippen molar-refractivity contribution in [2.24, 2.45) is 0 Å². The van der Waals surface area contributed by atoms with Crippen molar-refractivity contribution in [3.05, 3.63) is 11.6 Å². The molecule has 0 unspecified atom stereocenters. The van der Waals surface area contributed by atoms with Crippen LogP contribution >= 0.6 is 0 Å². The third-order valence-corrected chi connectivity index (χ3v) is 2.00. The summed E-state index contributed by atoms with van der Waals surface area (Å²) >= 11 is 0. The number of hydrogen-bond acceptors (Lipinski definition) is 1. The Balaban J connectivity index is 2.34. The Morgan fingerprint density at radius 1 is 1.54 bits per heavy atom. The van der Waals surface area contributed by atoms with Gasteiger partial charge in [-0.15, -0.1) is 0 Å². The Hall–Kier alpha value is -0.930. The molecule has 4 heteroatoms. The number of rotatable bonds is 3. The summed E-state index contributed by atoms with van der Waals surface area (Å²) in [5, 5.41) is 2.19. The molecule has 1 amide bonds. The molecule has 1 rings (SSSR count). The lowest BCUT2D eigenvalue weighted by Gasteiger charge is -2.12. The highest BCUT2D eigenvalue weighted by Gasteiger charge is 2.13. The van der Waals surface area contributed by atoms with Gasteiger partial charge in [0, 0.05) is 5.57 Å². The molecule has 0 aliphatic heterocycles. The molecule has 0 aromatic rings. The van der Waals surface area contributed by atoms with Gasteiger partial charge in [0.2, 0.25) is 5.91 Å². The quantitative estimate of drug-likeness (QED) is 0.721. The van der Waals surface area contributed by atoms with Crippen LogP contribution in [0, 0.1) is 0 Å². The first kappa shape index (κ1) is 10.2. The van der Waals surface area contributed by atoms with Crippen molar-refractivity contribution in [2.75, 3.05) is 6.54 Å². The van der Waals surface area contributed by atoms with E-state index in [1.165, 1.54) is 0 Å². The molecule has 1 aliphatic rings. The lowest BCUT2D eigenvalue weighted by atomic mass is 9.99. The van der Waals surface area contributed by atoms with E-state index in [-0.39, 0.29) is 5.91 Å². The van der Waals surface area contributed by atoms with Gasteiger partial charge < -0.3 is 5.32 Å².